The van der Waals surface area contributed by atoms with E-state index in [1.807, 2.05) is 19.1 Å². The number of Topliss-reactive ketones (excluding diaryl/α,β-unsaturated/α-hetero) is 2. The molecule has 0 saturated carbocycles. The minimum atomic E-state index is -1.11. The van der Waals surface area contributed by atoms with Crippen LogP contribution in [-0.4, -0.2) is 22.6 Å². The summed E-state index contributed by atoms with van der Waals surface area (Å²) in [6, 6.07) is 11.3. The maximum absolute atomic E-state index is 12.5. The van der Waals surface area contributed by atoms with Gasteiger partial charge in [-0.3, -0.25) is 9.59 Å². The maximum Gasteiger partial charge on any atom is 0.335 e. The number of carbonyl (C=O) groups excluding carboxylic acids is 2. The third-order valence-corrected chi connectivity index (χ3v) is 3.70. The molecule has 2 aromatic rings. The van der Waals surface area contributed by atoms with Gasteiger partial charge >= 0.3 is 5.97 Å². The Bertz CT molecular complexity index is 789. The van der Waals surface area contributed by atoms with E-state index in [0.29, 0.717) is 11.1 Å². The van der Waals surface area contributed by atoms with Crippen LogP contribution >= 0.6 is 0 Å². The minimum absolute atomic E-state index is 0.0137. The van der Waals surface area contributed by atoms with E-state index >= 15 is 0 Å². The van der Waals surface area contributed by atoms with E-state index < -0.39 is 11.9 Å². The molecular formula is C17H12O4. The summed E-state index contributed by atoms with van der Waals surface area (Å²) < 4.78 is 0. The predicted octanol–water partition coefficient (Wildman–Crippen LogP) is 2.86. The van der Waals surface area contributed by atoms with E-state index in [-0.39, 0.29) is 22.7 Å². The van der Waals surface area contributed by atoms with Gasteiger partial charge in [-0.2, -0.15) is 0 Å². The molecule has 2 aromatic carbocycles. The average Bonchev–Trinajstić information content (AvgIpc) is 2.70. The van der Waals surface area contributed by atoms with Crippen LogP contribution in [0.1, 0.15) is 48.1 Å². The topological polar surface area (TPSA) is 71.4 Å². The van der Waals surface area contributed by atoms with E-state index in [4.69, 9.17) is 5.11 Å². The molecule has 1 N–H and O–H groups in total. The molecule has 4 heteroatoms. The van der Waals surface area contributed by atoms with E-state index in [2.05, 4.69) is 0 Å². The first-order valence-corrected chi connectivity index (χ1v) is 6.51. The third-order valence-electron chi connectivity index (χ3n) is 3.70. The van der Waals surface area contributed by atoms with E-state index in [0.717, 1.165) is 5.56 Å². The molecule has 0 saturated heterocycles. The van der Waals surface area contributed by atoms with Crippen molar-refractivity contribution in [1.82, 2.24) is 0 Å². The highest BCUT2D eigenvalue weighted by atomic mass is 16.4. The van der Waals surface area contributed by atoms with Gasteiger partial charge in [-0.1, -0.05) is 29.8 Å². The first-order chi connectivity index (χ1) is 9.99. The second-order valence-electron chi connectivity index (χ2n) is 5.14. The molecule has 3 rings (SSSR count). The number of fused-ring (bicyclic) bond motifs is 1. The number of benzene rings is 2. The third kappa shape index (κ3) is 2.05. The van der Waals surface area contributed by atoms with E-state index in [1.165, 1.54) is 18.2 Å². The largest absolute Gasteiger partial charge is 0.478 e. The molecule has 21 heavy (non-hydrogen) atoms. The van der Waals surface area contributed by atoms with Crippen molar-refractivity contribution in [3.8, 4) is 0 Å². The van der Waals surface area contributed by atoms with Gasteiger partial charge in [-0.15, -0.1) is 0 Å². The van der Waals surface area contributed by atoms with Crippen LogP contribution in [0.2, 0.25) is 0 Å². The molecule has 1 aliphatic carbocycles. The zero-order valence-electron chi connectivity index (χ0n) is 11.3. The highest BCUT2D eigenvalue weighted by Gasteiger charge is 2.39. The van der Waals surface area contributed by atoms with Gasteiger partial charge in [0.15, 0.2) is 11.6 Å². The molecule has 0 aliphatic heterocycles. The van der Waals surface area contributed by atoms with Crippen molar-refractivity contribution < 1.29 is 19.5 Å². The fourth-order valence-electron chi connectivity index (χ4n) is 2.68. The van der Waals surface area contributed by atoms with Crippen LogP contribution in [-0.2, 0) is 0 Å². The van der Waals surface area contributed by atoms with Gasteiger partial charge in [0.2, 0.25) is 0 Å². The number of aryl methyl sites for hydroxylation is 1. The number of hydrogen-bond donors (Lipinski definition) is 1. The van der Waals surface area contributed by atoms with Gasteiger partial charge in [0, 0.05) is 11.1 Å². The summed E-state index contributed by atoms with van der Waals surface area (Å²) in [6.07, 6.45) is 0. The molecule has 0 aromatic heterocycles. The number of aromatic carboxylic acids is 1. The van der Waals surface area contributed by atoms with Crippen LogP contribution in [0.5, 0.6) is 0 Å². The van der Waals surface area contributed by atoms with Crippen molar-refractivity contribution in [3.63, 3.8) is 0 Å². The lowest BCUT2D eigenvalue weighted by atomic mass is 9.93. The Hall–Kier alpha value is -2.75. The van der Waals surface area contributed by atoms with Gasteiger partial charge in [0.25, 0.3) is 0 Å². The predicted molar refractivity (Wildman–Crippen MR) is 76.0 cm³/mol. The first kappa shape index (κ1) is 13.2. The summed E-state index contributed by atoms with van der Waals surface area (Å²) in [4.78, 5) is 35.9. The molecule has 1 aliphatic rings. The molecule has 0 bridgehead atoms. The zero-order chi connectivity index (χ0) is 15.1. The molecule has 1 unspecified atom stereocenters. The summed E-state index contributed by atoms with van der Waals surface area (Å²) in [6.45, 7) is 1.89. The molecule has 0 radical (unpaired) electrons. The monoisotopic (exact) mass is 280 g/mol. The number of carbonyl (C=O) groups is 3. The quantitative estimate of drug-likeness (QED) is 0.859. The van der Waals surface area contributed by atoms with Crippen LogP contribution in [0, 0.1) is 6.92 Å². The number of ketones is 2. The van der Waals surface area contributed by atoms with Crippen molar-refractivity contribution in [2.45, 2.75) is 12.8 Å². The molecule has 0 amide bonds. The number of hydrogen-bond acceptors (Lipinski definition) is 3. The van der Waals surface area contributed by atoms with Crippen molar-refractivity contribution in [2.75, 3.05) is 0 Å². The van der Waals surface area contributed by atoms with E-state index in [9.17, 15) is 14.4 Å². The van der Waals surface area contributed by atoms with Gasteiger partial charge < -0.3 is 5.11 Å². The zero-order valence-corrected chi connectivity index (χ0v) is 11.3. The normalized spacial score (nSPS) is 16.9. The molecule has 1 atom stereocenters. The Labute approximate surface area is 121 Å². The Morgan fingerprint density at radius 2 is 1.71 bits per heavy atom. The van der Waals surface area contributed by atoms with Gasteiger partial charge in [-0.25, -0.2) is 4.79 Å². The summed E-state index contributed by atoms with van der Waals surface area (Å²) in [5, 5.41) is 8.99. The summed E-state index contributed by atoms with van der Waals surface area (Å²) >= 11 is 0. The van der Waals surface area contributed by atoms with Gasteiger partial charge in [0.05, 0.1) is 5.56 Å². The fraction of sp³-hybridized carbons (Fsp3) is 0.118. The Morgan fingerprint density at radius 3 is 2.38 bits per heavy atom. The minimum Gasteiger partial charge on any atom is -0.478 e. The van der Waals surface area contributed by atoms with Crippen LogP contribution in [0.3, 0.4) is 0 Å². The Morgan fingerprint density at radius 1 is 1.00 bits per heavy atom. The summed E-state index contributed by atoms with van der Waals surface area (Å²) in [7, 11) is 0. The van der Waals surface area contributed by atoms with Crippen LogP contribution in [0.15, 0.2) is 42.5 Å². The van der Waals surface area contributed by atoms with Gasteiger partial charge in [0.1, 0.15) is 5.92 Å². The standard InChI is InChI=1S/C17H12O4/c1-9-3-2-4-10(7-9)14-15(18)12-6-5-11(17(20)21)8-13(12)16(14)19/h2-8,14H,1H3,(H,20,21). The highest BCUT2D eigenvalue weighted by Crippen LogP contribution is 2.34. The summed E-state index contributed by atoms with van der Waals surface area (Å²) in [5.74, 6) is -2.57. The number of rotatable bonds is 2. The molecule has 0 heterocycles. The fourth-order valence-corrected chi connectivity index (χ4v) is 2.68. The molecule has 4 nitrogen and oxygen atoms in total. The SMILES string of the molecule is Cc1cccc(C2C(=O)c3ccc(C(=O)O)cc3C2=O)c1. The van der Waals surface area contributed by atoms with Crippen LogP contribution in [0.25, 0.3) is 0 Å². The number of carboxylic acids is 1. The lowest BCUT2D eigenvalue weighted by molar-refractivity contribution is 0.0696. The van der Waals surface area contributed by atoms with Crippen LogP contribution in [0.4, 0.5) is 0 Å². The lowest BCUT2D eigenvalue weighted by Crippen LogP contribution is -2.12. The second-order valence-corrected chi connectivity index (χ2v) is 5.14. The van der Waals surface area contributed by atoms with Crippen molar-refractivity contribution in [1.29, 1.82) is 0 Å². The van der Waals surface area contributed by atoms with Crippen LogP contribution < -0.4 is 0 Å². The lowest BCUT2D eigenvalue weighted by Gasteiger charge is -2.07. The smallest absolute Gasteiger partial charge is 0.335 e. The second kappa shape index (κ2) is 4.66. The Kier molecular flexibility index (Phi) is 2.94. The molecule has 0 fully saturated rings. The molecular weight excluding hydrogens is 268 g/mol. The number of carboxylic acid groups (broad SMARTS) is 1. The molecule has 0 spiro atoms. The average molecular weight is 280 g/mol. The van der Waals surface area contributed by atoms with Crippen molar-refractivity contribution in [2.24, 2.45) is 0 Å². The van der Waals surface area contributed by atoms with E-state index in [1.54, 1.807) is 12.1 Å². The summed E-state index contributed by atoms with van der Waals surface area (Å²) in [5.41, 5.74) is 2.14. The van der Waals surface area contributed by atoms with Crippen molar-refractivity contribution >= 4 is 17.5 Å². The molecule has 104 valence electrons. The highest BCUT2D eigenvalue weighted by molar-refractivity contribution is 6.30. The van der Waals surface area contributed by atoms with Crippen molar-refractivity contribution in [3.05, 3.63) is 70.3 Å². The first-order valence-electron chi connectivity index (χ1n) is 6.51. The van der Waals surface area contributed by atoms with Gasteiger partial charge in [-0.05, 0) is 30.7 Å². The Balaban J connectivity index is 2.10. The maximum atomic E-state index is 12.5.